The number of hydrogen-bond acceptors (Lipinski definition) is 5. The van der Waals surface area contributed by atoms with Crippen molar-refractivity contribution in [3.05, 3.63) is 11.9 Å². The zero-order chi connectivity index (χ0) is 12.1. The summed E-state index contributed by atoms with van der Waals surface area (Å²) < 4.78 is 7.13. The summed E-state index contributed by atoms with van der Waals surface area (Å²) in [5.74, 6) is 5.95. The van der Waals surface area contributed by atoms with Crippen molar-refractivity contribution in [2.75, 3.05) is 7.11 Å². The third-order valence-electron chi connectivity index (χ3n) is 2.62. The number of rotatable bonds is 6. The third kappa shape index (κ3) is 3.26. The summed E-state index contributed by atoms with van der Waals surface area (Å²) in [6.07, 6.45) is 2.66. The lowest BCUT2D eigenvalue weighted by Crippen LogP contribution is -2.48. The Morgan fingerprint density at radius 1 is 1.56 bits per heavy atom. The molecule has 16 heavy (non-hydrogen) atoms. The van der Waals surface area contributed by atoms with Gasteiger partial charge in [0.05, 0.1) is 17.8 Å². The average molecular weight is 227 g/mol. The lowest BCUT2D eigenvalue weighted by Gasteiger charge is -2.27. The molecule has 0 aliphatic rings. The maximum absolute atomic E-state index is 5.56. The zero-order valence-electron chi connectivity index (χ0n) is 10.3. The highest BCUT2D eigenvalue weighted by molar-refractivity contribution is 4.97. The van der Waals surface area contributed by atoms with E-state index in [4.69, 9.17) is 10.6 Å². The first kappa shape index (κ1) is 13.1. The van der Waals surface area contributed by atoms with Gasteiger partial charge in [-0.25, -0.2) is 0 Å². The molecule has 0 bridgehead atoms. The van der Waals surface area contributed by atoms with Crippen LogP contribution in [0, 0.1) is 5.92 Å². The van der Waals surface area contributed by atoms with Gasteiger partial charge in [-0.3, -0.25) is 16.0 Å². The molecule has 0 aliphatic carbocycles. The Hall–Kier alpha value is -0.980. The maximum atomic E-state index is 5.56. The van der Waals surface area contributed by atoms with Crippen LogP contribution in [0.15, 0.2) is 6.20 Å². The van der Waals surface area contributed by atoms with Crippen molar-refractivity contribution in [3.63, 3.8) is 0 Å². The summed E-state index contributed by atoms with van der Waals surface area (Å²) in [7, 11) is 3.54. The van der Waals surface area contributed by atoms with Gasteiger partial charge in [0, 0.05) is 26.8 Å². The first-order chi connectivity index (χ1) is 7.58. The second-order valence-electron chi connectivity index (χ2n) is 4.31. The number of aryl methyl sites for hydroxylation is 1. The standard InChI is InChI=1S/C10H21N5O/c1-7(2)10(16-4)9(12-11)5-8-6-15(3)14-13-8/h6-7,9-10,12H,5,11H2,1-4H3. The van der Waals surface area contributed by atoms with Crippen LogP contribution < -0.4 is 11.3 Å². The topological polar surface area (TPSA) is 78.0 Å². The number of nitrogens with zero attached hydrogens (tertiary/aromatic N) is 3. The fraction of sp³-hybridized carbons (Fsp3) is 0.800. The molecule has 6 heteroatoms. The fourth-order valence-electron chi connectivity index (χ4n) is 1.89. The van der Waals surface area contributed by atoms with Crippen molar-refractivity contribution in [2.24, 2.45) is 18.8 Å². The summed E-state index contributed by atoms with van der Waals surface area (Å²) in [5, 5.41) is 7.93. The molecule has 3 N–H and O–H groups in total. The Kier molecular flexibility index (Phi) is 4.85. The molecular weight excluding hydrogens is 206 g/mol. The van der Waals surface area contributed by atoms with E-state index >= 15 is 0 Å². The SMILES string of the molecule is COC(C(C)C)C(Cc1cn(C)nn1)NN. The molecule has 0 saturated heterocycles. The quantitative estimate of drug-likeness (QED) is 0.522. The molecule has 2 unspecified atom stereocenters. The normalized spacial score (nSPS) is 15.4. The van der Waals surface area contributed by atoms with E-state index in [1.54, 1.807) is 11.8 Å². The van der Waals surface area contributed by atoms with Gasteiger partial charge in [0.15, 0.2) is 0 Å². The van der Waals surface area contributed by atoms with E-state index in [9.17, 15) is 0 Å². The summed E-state index contributed by atoms with van der Waals surface area (Å²) in [6, 6.07) is 0.0432. The highest BCUT2D eigenvalue weighted by Gasteiger charge is 2.24. The van der Waals surface area contributed by atoms with Gasteiger partial charge in [0.2, 0.25) is 0 Å². The average Bonchev–Trinajstić information content (AvgIpc) is 2.63. The molecule has 0 spiro atoms. The Labute approximate surface area is 96.1 Å². The molecule has 1 aromatic rings. The van der Waals surface area contributed by atoms with Crippen molar-refractivity contribution >= 4 is 0 Å². The Morgan fingerprint density at radius 3 is 2.62 bits per heavy atom. The zero-order valence-corrected chi connectivity index (χ0v) is 10.3. The van der Waals surface area contributed by atoms with Crippen LogP contribution in [0.1, 0.15) is 19.5 Å². The maximum Gasteiger partial charge on any atom is 0.0844 e. The van der Waals surface area contributed by atoms with E-state index in [1.807, 2.05) is 13.2 Å². The number of nitrogens with one attached hydrogen (secondary N) is 1. The minimum atomic E-state index is 0.0432. The smallest absolute Gasteiger partial charge is 0.0844 e. The van der Waals surface area contributed by atoms with Gasteiger partial charge in [-0.05, 0) is 5.92 Å². The van der Waals surface area contributed by atoms with Gasteiger partial charge in [-0.2, -0.15) is 0 Å². The lowest BCUT2D eigenvalue weighted by molar-refractivity contribution is 0.0329. The van der Waals surface area contributed by atoms with E-state index in [-0.39, 0.29) is 12.1 Å². The largest absolute Gasteiger partial charge is 0.380 e. The molecule has 92 valence electrons. The van der Waals surface area contributed by atoms with Crippen LogP contribution in [0.3, 0.4) is 0 Å². The molecule has 0 aromatic carbocycles. The number of aromatic nitrogens is 3. The first-order valence-corrected chi connectivity index (χ1v) is 5.42. The van der Waals surface area contributed by atoms with Crippen LogP contribution in [0.25, 0.3) is 0 Å². The van der Waals surface area contributed by atoms with Gasteiger partial charge in [0.1, 0.15) is 0 Å². The predicted octanol–water partition coefficient (Wildman–Crippen LogP) is -0.139. The van der Waals surface area contributed by atoms with E-state index in [0.29, 0.717) is 12.3 Å². The molecule has 0 radical (unpaired) electrons. The summed E-state index contributed by atoms with van der Waals surface area (Å²) in [4.78, 5) is 0. The second-order valence-corrected chi connectivity index (χ2v) is 4.31. The van der Waals surface area contributed by atoms with Crippen molar-refractivity contribution in [1.29, 1.82) is 0 Å². The molecule has 1 aromatic heterocycles. The van der Waals surface area contributed by atoms with Crippen molar-refractivity contribution < 1.29 is 4.74 Å². The van der Waals surface area contributed by atoms with Gasteiger partial charge >= 0.3 is 0 Å². The molecule has 6 nitrogen and oxygen atoms in total. The van der Waals surface area contributed by atoms with Gasteiger partial charge in [-0.1, -0.05) is 19.1 Å². The number of methoxy groups -OCH3 is 1. The van der Waals surface area contributed by atoms with Crippen LogP contribution in [-0.4, -0.2) is 34.2 Å². The van der Waals surface area contributed by atoms with Crippen LogP contribution in [0.5, 0.6) is 0 Å². The van der Waals surface area contributed by atoms with E-state index < -0.39 is 0 Å². The number of ether oxygens (including phenoxy) is 1. The first-order valence-electron chi connectivity index (χ1n) is 5.42. The van der Waals surface area contributed by atoms with Crippen LogP contribution >= 0.6 is 0 Å². The number of hydrogen-bond donors (Lipinski definition) is 2. The van der Waals surface area contributed by atoms with Crippen molar-refractivity contribution in [1.82, 2.24) is 20.4 Å². The van der Waals surface area contributed by atoms with Gasteiger partial charge in [0.25, 0.3) is 0 Å². The summed E-state index contributed by atoms with van der Waals surface area (Å²) in [6.45, 7) is 4.21. The number of nitrogens with two attached hydrogens (primary N) is 1. The second kappa shape index (κ2) is 5.93. The van der Waals surface area contributed by atoms with E-state index in [1.165, 1.54) is 0 Å². The molecule has 0 amide bonds. The van der Waals surface area contributed by atoms with E-state index in [0.717, 1.165) is 5.69 Å². The Balaban J connectivity index is 2.67. The molecule has 1 rings (SSSR count). The fourth-order valence-corrected chi connectivity index (χ4v) is 1.89. The van der Waals surface area contributed by atoms with Crippen LogP contribution in [0.2, 0.25) is 0 Å². The third-order valence-corrected chi connectivity index (χ3v) is 2.62. The molecule has 0 aliphatic heterocycles. The minimum absolute atomic E-state index is 0.0432. The summed E-state index contributed by atoms with van der Waals surface area (Å²) >= 11 is 0. The van der Waals surface area contributed by atoms with Crippen molar-refractivity contribution in [2.45, 2.75) is 32.4 Å². The number of hydrazine groups is 1. The Morgan fingerprint density at radius 2 is 2.25 bits per heavy atom. The van der Waals surface area contributed by atoms with Gasteiger partial charge in [-0.15, -0.1) is 5.10 Å². The van der Waals surface area contributed by atoms with E-state index in [2.05, 4.69) is 29.6 Å². The van der Waals surface area contributed by atoms with Gasteiger partial charge < -0.3 is 4.74 Å². The molecular formula is C10H21N5O. The summed E-state index contributed by atoms with van der Waals surface area (Å²) in [5.41, 5.74) is 3.70. The highest BCUT2D eigenvalue weighted by Crippen LogP contribution is 2.13. The Bertz CT molecular complexity index is 312. The predicted molar refractivity (Wildman–Crippen MR) is 61.5 cm³/mol. The molecule has 1 heterocycles. The van der Waals surface area contributed by atoms with Crippen molar-refractivity contribution in [3.8, 4) is 0 Å². The minimum Gasteiger partial charge on any atom is -0.380 e. The molecule has 0 fully saturated rings. The highest BCUT2D eigenvalue weighted by atomic mass is 16.5. The monoisotopic (exact) mass is 227 g/mol. The lowest BCUT2D eigenvalue weighted by atomic mass is 9.96. The molecule has 0 saturated carbocycles. The van der Waals surface area contributed by atoms with Crippen LogP contribution in [-0.2, 0) is 18.2 Å². The van der Waals surface area contributed by atoms with Crippen LogP contribution in [0.4, 0.5) is 0 Å². The molecule has 2 atom stereocenters.